The quantitative estimate of drug-likeness (QED) is 0.338. The predicted octanol–water partition coefficient (Wildman–Crippen LogP) is 3.43. The maximum Gasteiger partial charge on any atom is 0.270 e. The summed E-state index contributed by atoms with van der Waals surface area (Å²) in [7, 11) is 1.85. The number of benzene rings is 1. The molecule has 0 atom stereocenters. The van der Waals surface area contributed by atoms with Crippen LogP contribution in [0.2, 0.25) is 0 Å². The summed E-state index contributed by atoms with van der Waals surface area (Å²) in [5.41, 5.74) is 4.63. The van der Waals surface area contributed by atoms with Crippen LogP contribution in [0.4, 0.5) is 17.1 Å². The summed E-state index contributed by atoms with van der Waals surface area (Å²) in [5, 5.41) is 18.4. The Bertz CT molecular complexity index is 1260. The average Bonchev–Trinajstić information content (AvgIpc) is 3.27. The van der Waals surface area contributed by atoms with E-state index in [1.54, 1.807) is 23.1 Å². The second-order valence-electron chi connectivity index (χ2n) is 6.29. The molecule has 0 saturated carbocycles. The first-order chi connectivity index (χ1) is 13.5. The third-order valence-electron chi connectivity index (χ3n) is 4.28. The molecule has 138 valence electrons. The van der Waals surface area contributed by atoms with Gasteiger partial charge in [-0.3, -0.25) is 19.2 Å². The summed E-state index contributed by atoms with van der Waals surface area (Å²) in [5.74, 6) is 6.10. The van der Waals surface area contributed by atoms with Gasteiger partial charge < -0.3 is 5.32 Å². The first kappa shape index (κ1) is 17.3. The molecule has 28 heavy (non-hydrogen) atoms. The Morgan fingerprint density at radius 3 is 2.82 bits per heavy atom. The fraction of sp³-hybridized carbons (Fsp3) is 0.100. The minimum absolute atomic E-state index is 0.0241. The van der Waals surface area contributed by atoms with E-state index in [2.05, 4.69) is 27.2 Å². The van der Waals surface area contributed by atoms with E-state index in [1.165, 1.54) is 12.1 Å². The number of nitro benzene ring substituents is 1. The second-order valence-corrected chi connectivity index (χ2v) is 6.29. The van der Waals surface area contributed by atoms with E-state index in [0.717, 1.165) is 22.6 Å². The van der Waals surface area contributed by atoms with Crippen LogP contribution >= 0.6 is 0 Å². The number of non-ortho nitro benzene ring substituents is 1. The van der Waals surface area contributed by atoms with E-state index < -0.39 is 4.92 Å². The number of aromatic nitrogens is 4. The van der Waals surface area contributed by atoms with Gasteiger partial charge >= 0.3 is 0 Å². The number of aryl methyl sites for hydroxylation is 2. The second kappa shape index (κ2) is 6.89. The molecule has 3 heterocycles. The number of hydrogen-bond acceptors (Lipinski definition) is 5. The van der Waals surface area contributed by atoms with Gasteiger partial charge in [-0.2, -0.15) is 5.10 Å². The molecule has 4 aromatic rings. The monoisotopic (exact) mass is 372 g/mol. The molecule has 4 rings (SSSR count). The van der Waals surface area contributed by atoms with Gasteiger partial charge in [-0.15, -0.1) is 0 Å². The topological polar surface area (TPSA) is 90.3 Å². The van der Waals surface area contributed by atoms with E-state index in [1.807, 2.05) is 42.9 Å². The Hall–Kier alpha value is -4.12. The van der Waals surface area contributed by atoms with Gasteiger partial charge in [-0.25, -0.2) is 4.98 Å². The van der Waals surface area contributed by atoms with Crippen molar-refractivity contribution in [1.29, 1.82) is 0 Å². The van der Waals surface area contributed by atoms with Crippen molar-refractivity contribution in [2.24, 2.45) is 7.05 Å². The Balaban J connectivity index is 1.70. The van der Waals surface area contributed by atoms with Gasteiger partial charge in [0.15, 0.2) is 5.65 Å². The molecule has 0 aliphatic heterocycles. The molecule has 0 saturated heterocycles. The van der Waals surface area contributed by atoms with E-state index in [0.29, 0.717) is 11.3 Å². The van der Waals surface area contributed by atoms with Gasteiger partial charge in [0.1, 0.15) is 5.69 Å². The summed E-state index contributed by atoms with van der Waals surface area (Å²) in [6, 6.07) is 8.49. The van der Waals surface area contributed by atoms with E-state index >= 15 is 0 Å². The number of pyridine rings is 1. The van der Waals surface area contributed by atoms with E-state index in [-0.39, 0.29) is 5.69 Å². The van der Waals surface area contributed by atoms with Gasteiger partial charge in [0.05, 0.1) is 28.7 Å². The molecule has 3 aromatic heterocycles. The Labute approximate surface area is 160 Å². The molecule has 1 N–H and O–H groups in total. The summed E-state index contributed by atoms with van der Waals surface area (Å²) >= 11 is 0. The van der Waals surface area contributed by atoms with Crippen LogP contribution in [0.25, 0.3) is 5.65 Å². The van der Waals surface area contributed by atoms with Gasteiger partial charge in [0, 0.05) is 37.1 Å². The van der Waals surface area contributed by atoms with Crippen LogP contribution in [0.3, 0.4) is 0 Å². The number of hydrogen-bond donors (Lipinski definition) is 1. The van der Waals surface area contributed by atoms with Crippen molar-refractivity contribution in [2.45, 2.75) is 6.92 Å². The number of nitrogens with one attached hydrogen (secondary N) is 1. The number of fused-ring (bicyclic) bond motifs is 1. The van der Waals surface area contributed by atoms with Crippen molar-refractivity contribution >= 4 is 22.7 Å². The fourth-order valence-corrected chi connectivity index (χ4v) is 2.83. The van der Waals surface area contributed by atoms with Crippen LogP contribution in [0, 0.1) is 28.9 Å². The lowest BCUT2D eigenvalue weighted by atomic mass is 10.1. The Kier molecular flexibility index (Phi) is 4.26. The highest BCUT2D eigenvalue weighted by Crippen LogP contribution is 2.21. The molecule has 0 bridgehead atoms. The largest absolute Gasteiger partial charge is 0.350 e. The van der Waals surface area contributed by atoms with Gasteiger partial charge in [0.25, 0.3) is 5.69 Å². The lowest BCUT2D eigenvalue weighted by Crippen LogP contribution is -1.95. The molecular weight excluding hydrogens is 356 g/mol. The molecule has 8 heteroatoms. The average molecular weight is 372 g/mol. The standard InChI is InChI=1S/C20H16N6O2/c1-14-5-7-17(26(27)28)10-15(14)6-8-18-12-21-20-19(4-3-9-25(18)20)23-16-11-22-24(2)13-16/h3-5,7,9-13,23H,1-2H3. The number of imidazole rings is 1. The van der Waals surface area contributed by atoms with Gasteiger partial charge in [-0.1, -0.05) is 12.0 Å². The number of nitrogens with zero attached hydrogens (tertiary/aromatic N) is 5. The predicted molar refractivity (Wildman–Crippen MR) is 105 cm³/mol. The highest BCUT2D eigenvalue weighted by Gasteiger charge is 2.09. The number of rotatable bonds is 3. The minimum atomic E-state index is -0.421. The van der Waals surface area contributed by atoms with E-state index in [4.69, 9.17) is 0 Å². The van der Waals surface area contributed by atoms with Crippen LogP contribution in [0.5, 0.6) is 0 Å². The van der Waals surface area contributed by atoms with E-state index in [9.17, 15) is 10.1 Å². The molecule has 0 amide bonds. The summed E-state index contributed by atoms with van der Waals surface area (Å²) in [4.78, 5) is 15.0. The van der Waals surface area contributed by atoms with Crippen molar-refractivity contribution in [3.05, 3.63) is 82.1 Å². The molecule has 0 spiro atoms. The lowest BCUT2D eigenvalue weighted by Gasteiger charge is -2.05. The van der Waals surface area contributed by atoms with Crippen LogP contribution in [0.1, 0.15) is 16.8 Å². The Morgan fingerprint density at radius 2 is 2.07 bits per heavy atom. The molecule has 0 fully saturated rings. The smallest absolute Gasteiger partial charge is 0.270 e. The molecular formula is C20H16N6O2. The Morgan fingerprint density at radius 1 is 1.21 bits per heavy atom. The fourth-order valence-electron chi connectivity index (χ4n) is 2.83. The van der Waals surface area contributed by atoms with Crippen molar-refractivity contribution in [3.8, 4) is 11.8 Å². The zero-order chi connectivity index (χ0) is 19.7. The number of nitro groups is 1. The maximum atomic E-state index is 11.0. The zero-order valence-corrected chi connectivity index (χ0v) is 15.2. The van der Waals surface area contributed by atoms with Gasteiger partial charge in [-0.05, 0) is 30.5 Å². The van der Waals surface area contributed by atoms with Crippen LogP contribution in [0.15, 0.2) is 55.1 Å². The molecule has 0 aliphatic rings. The third kappa shape index (κ3) is 3.29. The first-order valence-electron chi connectivity index (χ1n) is 8.50. The van der Waals surface area contributed by atoms with Crippen molar-refractivity contribution in [2.75, 3.05) is 5.32 Å². The maximum absolute atomic E-state index is 11.0. The normalized spacial score (nSPS) is 10.5. The lowest BCUT2D eigenvalue weighted by molar-refractivity contribution is -0.384. The summed E-state index contributed by atoms with van der Waals surface area (Å²) in [6.07, 6.45) is 7.17. The molecule has 0 unspecified atom stereocenters. The summed E-state index contributed by atoms with van der Waals surface area (Å²) in [6.45, 7) is 1.87. The zero-order valence-electron chi connectivity index (χ0n) is 15.2. The van der Waals surface area contributed by atoms with Gasteiger partial charge in [0.2, 0.25) is 0 Å². The van der Waals surface area contributed by atoms with Crippen molar-refractivity contribution in [1.82, 2.24) is 19.2 Å². The molecule has 1 aromatic carbocycles. The number of anilines is 2. The van der Waals surface area contributed by atoms with Crippen LogP contribution in [-0.2, 0) is 7.05 Å². The highest BCUT2D eigenvalue weighted by atomic mass is 16.6. The first-order valence-corrected chi connectivity index (χ1v) is 8.50. The van der Waals surface area contributed by atoms with Crippen molar-refractivity contribution < 1.29 is 4.92 Å². The summed E-state index contributed by atoms with van der Waals surface area (Å²) < 4.78 is 3.59. The third-order valence-corrected chi connectivity index (χ3v) is 4.28. The molecule has 8 nitrogen and oxygen atoms in total. The van der Waals surface area contributed by atoms with Crippen LogP contribution < -0.4 is 5.32 Å². The minimum Gasteiger partial charge on any atom is -0.350 e. The SMILES string of the molecule is Cc1ccc([N+](=O)[O-])cc1C#Cc1cnc2c(Nc3cnn(C)c3)cccn12. The molecule has 0 radical (unpaired) electrons. The molecule has 0 aliphatic carbocycles. The van der Waals surface area contributed by atoms with Crippen molar-refractivity contribution in [3.63, 3.8) is 0 Å². The highest BCUT2D eigenvalue weighted by molar-refractivity contribution is 5.74. The van der Waals surface area contributed by atoms with Crippen LogP contribution in [-0.4, -0.2) is 24.1 Å².